The van der Waals surface area contributed by atoms with Crippen molar-refractivity contribution in [2.45, 2.75) is 19.8 Å². The fourth-order valence-corrected chi connectivity index (χ4v) is 2.97. The van der Waals surface area contributed by atoms with Gasteiger partial charge >= 0.3 is 0 Å². The number of carbonyl (C=O) groups is 1. The number of nitrogens with one attached hydrogen (secondary N) is 2. The van der Waals surface area contributed by atoms with Crippen LogP contribution in [0.1, 0.15) is 18.5 Å². The smallest absolute Gasteiger partial charge is 0.228 e. The summed E-state index contributed by atoms with van der Waals surface area (Å²) in [5.74, 6) is 1.49. The zero-order chi connectivity index (χ0) is 16.5. The van der Waals surface area contributed by atoms with Gasteiger partial charge in [0, 0.05) is 30.8 Å². The fourth-order valence-electron chi connectivity index (χ4n) is 2.97. The average Bonchev–Trinajstić information content (AvgIpc) is 3.23. The van der Waals surface area contributed by atoms with Gasteiger partial charge in [-0.15, -0.1) is 15.3 Å². The molecule has 0 aliphatic carbocycles. The molecule has 9 nitrogen and oxygen atoms in total. The average molecular weight is 326 g/mol. The third kappa shape index (κ3) is 2.80. The molecule has 4 heterocycles. The molecule has 0 aromatic carbocycles. The third-order valence-electron chi connectivity index (χ3n) is 4.29. The molecule has 9 heteroatoms. The molecule has 3 aromatic heterocycles. The normalized spacial score (nSPS) is 15.8. The fraction of sp³-hybridized carbons (Fsp3) is 0.400. The number of anilines is 2. The Bertz CT molecular complexity index is 861. The van der Waals surface area contributed by atoms with Crippen molar-refractivity contribution in [3.05, 3.63) is 30.2 Å². The second kappa shape index (κ2) is 5.91. The summed E-state index contributed by atoms with van der Waals surface area (Å²) in [5.41, 5.74) is 1.65. The van der Waals surface area contributed by atoms with E-state index in [9.17, 15) is 4.79 Å². The van der Waals surface area contributed by atoms with Crippen molar-refractivity contribution in [1.29, 1.82) is 0 Å². The van der Waals surface area contributed by atoms with Crippen molar-refractivity contribution in [2.75, 3.05) is 23.3 Å². The number of rotatable bonds is 3. The maximum atomic E-state index is 12.3. The summed E-state index contributed by atoms with van der Waals surface area (Å²) in [6.07, 6.45) is 3.17. The van der Waals surface area contributed by atoms with Crippen LogP contribution in [-0.2, 0) is 4.79 Å². The highest BCUT2D eigenvalue weighted by Gasteiger charge is 2.26. The first-order chi connectivity index (χ1) is 11.7. The van der Waals surface area contributed by atoms with Gasteiger partial charge in [0.15, 0.2) is 11.5 Å². The largest absolute Gasteiger partial charge is 0.355 e. The predicted molar refractivity (Wildman–Crippen MR) is 87.7 cm³/mol. The number of hydrogen-bond donors (Lipinski definition) is 2. The molecule has 1 aliphatic heterocycles. The van der Waals surface area contributed by atoms with Crippen LogP contribution in [0.3, 0.4) is 0 Å². The topological polar surface area (TPSA) is 104 Å². The highest BCUT2D eigenvalue weighted by atomic mass is 16.2. The number of aromatic amines is 1. The van der Waals surface area contributed by atoms with E-state index in [0.717, 1.165) is 43.1 Å². The maximum absolute atomic E-state index is 12.3. The van der Waals surface area contributed by atoms with Crippen molar-refractivity contribution in [3.8, 4) is 0 Å². The lowest BCUT2D eigenvalue weighted by Crippen LogP contribution is -2.38. The Morgan fingerprint density at radius 3 is 2.92 bits per heavy atom. The molecule has 1 saturated heterocycles. The number of hydrogen-bond acceptors (Lipinski definition) is 6. The van der Waals surface area contributed by atoms with Gasteiger partial charge in [-0.2, -0.15) is 9.61 Å². The van der Waals surface area contributed by atoms with Crippen LogP contribution in [-0.4, -0.2) is 49.0 Å². The van der Waals surface area contributed by atoms with Crippen molar-refractivity contribution >= 4 is 23.2 Å². The monoisotopic (exact) mass is 326 g/mol. The van der Waals surface area contributed by atoms with Crippen molar-refractivity contribution in [2.24, 2.45) is 5.92 Å². The van der Waals surface area contributed by atoms with Crippen LogP contribution in [0.4, 0.5) is 11.6 Å². The van der Waals surface area contributed by atoms with Crippen LogP contribution in [0, 0.1) is 12.8 Å². The van der Waals surface area contributed by atoms with Gasteiger partial charge in [-0.3, -0.25) is 9.89 Å². The Kier molecular flexibility index (Phi) is 3.60. The minimum absolute atomic E-state index is 0.00287. The van der Waals surface area contributed by atoms with Crippen molar-refractivity contribution < 1.29 is 4.79 Å². The lowest BCUT2D eigenvalue weighted by Gasteiger charge is -2.31. The van der Waals surface area contributed by atoms with Crippen LogP contribution in [0.25, 0.3) is 5.65 Å². The number of carbonyl (C=O) groups excluding carboxylic acids is 1. The van der Waals surface area contributed by atoms with Gasteiger partial charge in [-0.1, -0.05) is 0 Å². The minimum atomic E-state index is -0.00287. The Morgan fingerprint density at radius 1 is 1.33 bits per heavy atom. The first-order valence-corrected chi connectivity index (χ1v) is 7.94. The standard InChI is InChI=1S/C15H18N8O/c1-10-8-12(19-18-10)17-15(24)11-4-6-22(7-5-11)14-3-2-13-20-16-9-23(13)21-14/h2-3,8-9,11H,4-7H2,1H3,(H2,17,18,19,24). The molecule has 0 radical (unpaired) electrons. The van der Waals surface area contributed by atoms with E-state index >= 15 is 0 Å². The molecule has 3 aromatic rings. The number of fused-ring (bicyclic) bond motifs is 1. The number of aromatic nitrogens is 6. The number of piperidine rings is 1. The number of H-pyrrole nitrogens is 1. The molecule has 1 amide bonds. The quantitative estimate of drug-likeness (QED) is 0.744. The summed E-state index contributed by atoms with van der Waals surface area (Å²) in [5, 5.41) is 22.0. The Hall–Kier alpha value is -2.97. The molecule has 0 saturated carbocycles. The molecule has 0 bridgehead atoms. The first-order valence-electron chi connectivity index (χ1n) is 7.94. The molecule has 0 unspecified atom stereocenters. The molecule has 2 N–H and O–H groups in total. The summed E-state index contributed by atoms with van der Waals surface area (Å²) >= 11 is 0. The molecule has 124 valence electrons. The Balaban J connectivity index is 1.38. The molecule has 4 rings (SSSR count). The summed E-state index contributed by atoms with van der Waals surface area (Å²) < 4.78 is 1.66. The van der Waals surface area contributed by atoms with Crippen LogP contribution >= 0.6 is 0 Å². The molecule has 0 atom stereocenters. The Labute approximate surface area is 138 Å². The van der Waals surface area contributed by atoms with Gasteiger partial charge in [0.25, 0.3) is 0 Å². The molecule has 0 spiro atoms. The second-order valence-electron chi connectivity index (χ2n) is 6.01. The van der Waals surface area contributed by atoms with E-state index in [0.29, 0.717) is 5.82 Å². The first kappa shape index (κ1) is 14.6. The van der Waals surface area contributed by atoms with E-state index in [1.54, 1.807) is 10.8 Å². The summed E-state index contributed by atoms with van der Waals surface area (Å²) in [7, 11) is 0. The molecular formula is C15H18N8O. The summed E-state index contributed by atoms with van der Waals surface area (Å²) in [4.78, 5) is 14.5. The lowest BCUT2D eigenvalue weighted by molar-refractivity contribution is -0.120. The minimum Gasteiger partial charge on any atom is -0.355 e. The van der Waals surface area contributed by atoms with Gasteiger partial charge < -0.3 is 10.2 Å². The summed E-state index contributed by atoms with van der Waals surface area (Å²) in [6, 6.07) is 5.66. The van der Waals surface area contributed by atoms with Crippen LogP contribution in [0.15, 0.2) is 24.5 Å². The van der Waals surface area contributed by atoms with Crippen molar-refractivity contribution in [3.63, 3.8) is 0 Å². The van der Waals surface area contributed by atoms with Gasteiger partial charge in [0.05, 0.1) is 0 Å². The van der Waals surface area contributed by atoms with E-state index in [1.807, 2.05) is 25.1 Å². The SMILES string of the molecule is Cc1cc(NC(=O)C2CCN(c3ccc4nncn4n3)CC2)n[nH]1. The molecule has 1 aliphatic rings. The van der Waals surface area contributed by atoms with Gasteiger partial charge in [-0.05, 0) is 31.9 Å². The molecule has 1 fully saturated rings. The van der Waals surface area contributed by atoms with Crippen LogP contribution in [0.2, 0.25) is 0 Å². The van der Waals surface area contributed by atoms with Crippen molar-refractivity contribution in [1.82, 2.24) is 30.0 Å². The predicted octanol–water partition coefficient (Wildman–Crippen LogP) is 1.01. The number of aryl methyl sites for hydroxylation is 1. The number of nitrogens with zero attached hydrogens (tertiary/aromatic N) is 6. The Morgan fingerprint density at radius 2 is 2.17 bits per heavy atom. The zero-order valence-corrected chi connectivity index (χ0v) is 13.3. The van der Waals surface area contributed by atoms with E-state index in [-0.39, 0.29) is 11.8 Å². The highest BCUT2D eigenvalue weighted by Crippen LogP contribution is 2.23. The third-order valence-corrected chi connectivity index (χ3v) is 4.29. The van der Waals surface area contributed by atoms with Gasteiger partial charge in [-0.25, -0.2) is 0 Å². The van der Waals surface area contributed by atoms with Crippen LogP contribution < -0.4 is 10.2 Å². The zero-order valence-electron chi connectivity index (χ0n) is 13.3. The van der Waals surface area contributed by atoms with Gasteiger partial charge in [0.2, 0.25) is 5.91 Å². The van der Waals surface area contributed by atoms with E-state index in [4.69, 9.17) is 0 Å². The van der Waals surface area contributed by atoms with E-state index in [1.165, 1.54) is 0 Å². The second-order valence-corrected chi connectivity index (χ2v) is 6.01. The van der Waals surface area contributed by atoms with Gasteiger partial charge in [0.1, 0.15) is 12.1 Å². The molecule has 24 heavy (non-hydrogen) atoms. The van der Waals surface area contributed by atoms with Crippen LogP contribution in [0.5, 0.6) is 0 Å². The lowest BCUT2D eigenvalue weighted by atomic mass is 9.96. The van der Waals surface area contributed by atoms with E-state index in [2.05, 4.69) is 35.7 Å². The molecular weight excluding hydrogens is 308 g/mol. The maximum Gasteiger partial charge on any atom is 0.228 e. The summed E-state index contributed by atoms with van der Waals surface area (Å²) in [6.45, 7) is 3.48. The number of amides is 1. The highest BCUT2D eigenvalue weighted by molar-refractivity contribution is 5.91. The van der Waals surface area contributed by atoms with E-state index < -0.39 is 0 Å².